The molecule has 0 saturated carbocycles. The van der Waals surface area contributed by atoms with Gasteiger partial charge in [0.2, 0.25) is 5.91 Å². The van der Waals surface area contributed by atoms with Crippen molar-refractivity contribution in [1.29, 1.82) is 0 Å². The minimum absolute atomic E-state index is 0.184. The maximum atomic E-state index is 13.6. The Labute approximate surface area is 171 Å². The van der Waals surface area contributed by atoms with Crippen molar-refractivity contribution in [3.8, 4) is 16.3 Å². The van der Waals surface area contributed by atoms with Gasteiger partial charge in [-0.05, 0) is 48.9 Å². The normalized spacial score (nSPS) is 11.7. The van der Waals surface area contributed by atoms with E-state index < -0.39 is 23.7 Å². The number of nitrogens with zero attached hydrogens (tertiary/aromatic N) is 2. The second kappa shape index (κ2) is 8.83. The van der Waals surface area contributed by atoms with Gasteiger partial charge in [0, 0.05) is 18.0 Å². The van der Waals surface area contributed by atoms with Crippen molar-refractivity contribution in [2.24, 2.45) is 5.73 Å². The van der Waals surface area contributed by atoms with E-state index in [2.05, 4.69) is 4.98 Å². The third-order valence-electron chi connectivity index (χ3n) is 4.28. The number of rotatable bonds is 7. The molecule has 0 saturated heterocycles. The molecule has 2 amide bonds. The van der Waals surface area contributed by atoms with Crippen LogP contribution < -0.4 is 10.5 Å². The van der Waals surface area contributed by atoms with Crippen LogP contribution >= 0.6 is 11.3 Å². The van der Waals surface area contributed by atoms with Crippen molar-refractivity contribution >= 4 is 23.2 Å². The Morgan fingerprint density at radius 1 is 1.24 bits per heavy atom. The summed E-state index contributed by atoms with van der Waals surface area (Å²) in [6.45, 7) is 2.49. The van der Waals surface area contributed by atoms with Gasteiger partial charge in [-0.1, -0.05) is 12.1 Å². The fraction of sp³-hybridized carbons (Fsp3) is 0.190. The van der Waals surface area contributed by atoms with E-state index in [1.807, 2.05) is 31.2 Å². The lowest BCUT2D eigenvalue weighted by Crippen LogP contribution is -2.39. The van der Waals surface area contributed by atoms with Crippen molar-refractivity contribution in [1.82, 2.24) is 9.88 Å². The number of hydrogen-bond acceptors (Lipinski definition) is 5. The minimum Gasteiger partial charge on any atom is -0.494 e. The minimum atomic E-state index is -1.10. The first-order valence-corrected chi connectivity index (χ1v) is 9.79. The zero-order valence-electron chi connectivity index (χ0n) is 16.0. The van der Waals surface area contributed by atoms with Crippen LogP contribution in [0.25, 0.3) is 10.6 Å². The number of nitrogens with two attached hydrogens (primary N) is 1. The Bertz CT molecular complexity index is 1020. The number of hydrogen-bond donors (Lipinski definition) is 1. The fourth-order valence-electron chi connectivity index (χ4n) is 2.92. The van der Waals surface area contributed by atoms with Crippen LogP contribution in [0.2, 0.25) is 0 Å². The van der Waals surface area contributed by atoms with E-state index in [9.17, 15) is 14.0 Å². The second-order valence-electron chi connectivity index (χ2n) is 6.27. The molecule has 0 aliphatic rings. The van der Waals surface area contributed by atoms with Gasteiger partial charge < -0.3 is 15.4 Å². The van der Waals surface area contributed by atoms with E-state index in [-0.39, 0.29) is 5.69 Å². The number of thiazole rings is 1. The van der Waals surface area contributed by atoms with Crippen LogP contribution in [0.3, 0.4) is 0 Å². The summed E-state index contributed by atoms with van der Waals surface area (Å²) in [5.41, 5.74) is 6.82. The number of amides is 2. The molecule has 1 aromatic heterocycles. The molecule has 1 unspecified atom stereocenters. The lowest BCUT2D eigenvalue weighted by Gasteiger charge is -2.25. The van der Waals surface area contributed by atoms with Gasteiger partial charge in [-0.2, -0.15) is 0 Å². The highest BCUT2D eigenvalue weighted by Gasteiger charge is 2.29. The van der Waals surface area contributed by atoms with Crippen LogP contribution in [0.5, 0.6) is 5.75 Å². The van der Waals surface area contributed by atoms with E-state index in [0.29, 0.717) is 17.2 Å². The summed E-state index contributed by atoms with van der Waals surface area (Å²) in [7, 11) is 1.44. The van der Waals surface area contributed by atoms with Crippen LogP contribution in [0.1, 0.15) is 29.0 Å². The average Bonchev–Trinajstić information content (AvgIpc) is 3.18. The molecule has 8 heteroatoms. The Morgan fingerprint density at radius 2 is 1.97 bits per heavy atom. The Balaban J connectivity index is 1.83. The first-order valence-electron chi connectivity index (χ1n) is 8.91. The number of benzene rings is 2. The number of carbonyl (C=O) groups excluding carboxylic acids is 2. The molecule has 3 aromatic rings. The molecule has 6 nitrogen and oxygen atoms in total. The van der Waals surface area contributed by atoms with E-state index >= 15 is 0 Å². The van der Waals surface area contributed by atoms with Gasteiger partial charge in [0.05, 0.1) is 6.61 Å². The molecule has 0 spiro atoms. The molecule has 2 aromatic carbocycles. The fourth-order valence-corrected chi connectivity index (χ4v) is 3.72. The summed E-state index contributed by atoms with van der Waals surface area (Å²) >= 11 is 1.31. The highest BCUT2D eigenvalue weighted by atomic mass is 32.1. The molecule has 0 aliphatic heterocycles. The SMILES string of the molecule is CCOc1ccc(-c2nc(C(=O)N(C)C(C(N)=O)c3cccc(F)c3)cs2)cc1. The molecular weight excluding hydrogens is 393 g/mol. The van der Waals surface area contributed by atoms with Crippen LogP contribution in [0, 0.1) is 5.82 Å². The zero-order chi connectivity index (χ0) is 21.0. The maximum absolute atomic E-state index is 13.6. The third kappa shape index (κ3) is 4.60. The van der Waals surface area contributed by atoms with E-state index in [1.165, 1.54) is 41.5 Å². The summed E-state index contributed by atoms with van der Waals surface area (Å²) < 4.78 is 19.0. The van der Waals surface area contributed by atoms with Crippen LogP contribution in [-0.4, -0.2) is 35.4 Å². The second-order valence-corrected chi connectivity index (χ2v) is 7.13. The largest absolute Gasteiger partial charge is 0.494 e. The molecular formula is C21H20FN3O3S. The van der Waals surface area contributed by atoms with Gasteiger partial charge in [0.1, 0.15) is 28.3 Å². The van der Waals surface area contributed by atoms with Crippen LogP contribution in [-0.2, 0) is 4.79 Å². The molecule has 1 heterocycles. The van der Waals surface area contributed by atoms with Gasteiger partial charge in [-0.3, -0.25) is 9.59 Å². The molecule has 2 N–H and O–H groups in total. The van der Waals surface area contributed by atoms with Gasteiger partial charge in [0.15, 0.2) is 0 Å². The maximum Gasteiger partial charge on any atom is 0.274 e. The molecule has 1 atom stereocenters. The Morgan fingerprint density at radius 3 is 2.59 bits per heavy atom. The third-order valence-corrected chi connectivity index (χ3v) is 5.17. The van der Waals surface area contributed by atoms with Crippen LogP contribution in [0.15, 0.2) is 53.9 Å². The van der Waals surface area contributed by atoms with Gasteiger partial charge in [0.25, 0.3) is 5.91 Å². The molecule has 29 heavy (non-hydrogen) atoms. The van der Waals surface area contributed by atoms with Gasteiger partial charge in [-0.25, -0.2) is 9.37 Å². The highest BCUT2D eigenvalue weighted by Crippen LogP contribution is 2.28. The van der Waals surface area contributed by atoms with Gasteiger partial charge in [-0.15, -0.1) is 11.3 Å². The van der Waals surface area contributed by atoms with Crippen molar-refractivity contribution in [3.05, 3.63) is 71.0 Å². The summed E-state index contributed by atoms with van der Waals surface area (Å²) in [4.78, 5) is 30.4. The molecule has 150 valence electrons. The van der Waals surface area contributed by atoms with Crippen molar-refractivity contribution in [2.75, 3.05) is 13.7 Å². The molecule has 3 rings (SSSR count). The number of carbonyl (C=O) groups is 2. The quantitative estimate of drug-likeness (QED) is 0.641. The predicted octanol–water partition coefficient (Wildman–Crippen LogP) is 3.65. The lowest BCUT2D eigenvalue weighted by atomic mass is 10.0. The smallest absolute Gasteiger partial charge is 0.274 e. The number of halogens is 1. The molecule has 0 radical (unpaired) electrons. The van der Waals surface area contributed by atoms with Crippen molar-refractivity contribution in [2.45, 2.75) is 13.0 Å². The Hall–Kier alpha value is -3.26. The first-order chi connectivity index (χ1) is 13.9. The number of ether oxygens (including phenoxy) is 1. The first kappa shape index (κ1) is 20.5. The standard InChI is InChI=1S/C21H20FN3O3S/c1-3-28-16-9-7-13(8-10-16)20-24-17(12-29-20)21(27)25(2)18(19(23)26)14-5-4-6-15(22)11-14/h4-12,18H,3H2,1-2H3,(H2,23,26). The number of aromatic nitrogens is 1. The topological polar surface area (TPSA) is 85.5 Å². The van der Waals surface area contributed by atoms with E-state index in [4.69, 9.17) is 10.5 Å². The zero-order valence-corrected chi connectivity index (χ0v) is 16.8. The highest BCUT2D eigenvalue weighted by molar-refractivity contribution is 7.13. The van der Waals surface area contributed by atoms with Gasteiger partial charge >= 0.3 is 0 Å². The number of primary amides is 1. The lowest BCUT2D eigenvalue weighted by molar-refractivity contribution is -0.122. The Kier molecular flexibility index (Phi) is 6.23. The molecule has 0 bridgehead atoms. The van der Waals surface area contributed by atoms with Crippen molar-refractivity contribution < 1.29 is 18.7 Å². The predicted molar refractivity (Wildman–Crippen MR) is 109 cm³/mol. The van der Waals surface area contributed by atoms with Crippen LogP contribution in [0.4, 0.5) is 4.39 Å². The number of likely N-dealkylation sites (N-methyl/N-ethyl adjacent to an activating group) is 1. The average molecular weight is 413 g/mol. The van der Waals surface area contributed by atoms with E-state index in [1.54, 1.807) is 11.4 Å². The summed E-state index contributed by atoms with van der Waals surface area (Å²) in [6.07, 6.45) is 0. The summed E-state index contributed by atoms with van der Waals surface area (Å²) in [5, 5.41) is 2.28. The summed E-state index contributed by atoms with van der Waals surface area (Å²) in [6, 6.07) is 11.7. The van der Waals surface area contributed by atoms with E-state index in [0.717, 1.165) is 11.3 Å². The summed E-state index contributed by atoms with van der Waals surface area (Å²) in [5.74, 6) is -0.996. The monoisotopic (exact) mass is 413 g/mol. The molecule has 0 aliphatic carbocycles. The molecule has 0 fully saturated rings. The van der Waals surface area contributed by atoms with Crippen molar-refractivity contribution in [3.63, 3.8) is 0 Å².